The first-order valence-corrected chi connectivity index (χ1v) is 10.2. The molecule has 1 heterocycles. The van der Waals surface area contributed by atoms with E-state index in [1.165, 1.54) is 0 Å². The van der Waals surface area contributed by atoms with Crippen LogP contribution in [0.5, 0.6) is 11.5 Å². The molecule has 1 aliphatic rings. The van der Waals surface area contributed by atoms with Crippen molar-refractivity contribution in [1.29, 1.82) is 0 Å². The van der Waals surface area contributed by atoms with Crippen molar-refractivity contribution in [2.75, 3.05) is 20.2 Å². The number of hydrogen-bond acceptors (Lipinski definition) is 6. The first-order chi connectivity index (χ1) is 14.5. The van der Waals surface area contributed by atoms with Gasteiger partial charge in [0.25, 0.3) is 11.1 Å². The van der Waals surface area contributed by atoms with Gasteiger partial charge >= 0.3 is 0 Å². The predicted octanol–water partition coefficient (Wildman–Crippen LogP) is 3.19. The van der Waals surface area contributed by atoms with Crippen LogP contribution in [0.3, 0.4) is 0 Å². The third-order valence-corrected chi connectivity index (χ3v) is 5.41. The summed E-state index contributed by atoms with van der Waals surface area (Å²) in [5, 5.41) is 11.7. The normalized spacial score (nSPS) is 15.0. The van der Waals surface area contributed by atoms with Crippen LogP contribution < -0.4 is 10.1 Å². The lowest BCUT2D eigenvalue weighted by Crippen LogP contribution is -2.34. The highest BCUT2D eigenvalue weighted by Gasteiger charge is 2.35. The summed E-state index contributed by atoms with van der Waals surface area (Å²) in [5.41, 5.74) is 1.74. The van der Waals surface area contributed by atoms with Crippen LogP contribution in [0.2, 0.25) is 0 Å². The van der Waals surface area contributed by atoms with Gasteiger partial charge in [-0.05, 0) is 59.7 Å². The van der Waals surface area contributed by atoms with E-state index in [1.54, 1.807) is 55.7 Å². The van der Waals surface area contributed by atoms with Crippen LogP contribution in [0.4, 0.5) is 4.79 Å². The van der Waals surface area contributed by atoms with Crippen molar-refractivity contribution in [2.45, 2.75) is 12.8 Å². The highest BCUT2D eigenvalue weighted by atomic mass is 32.2. The second-order valence-electron chi connectivity index (χ2n) is 6.63. The number of carbonyl (C=O) groups is 3. The summed E-state index contributed by atoms with van der Waals surface area (Å²) >= 11 is 0.864. The molecule has 2 aromatic rings. The Labute approximate surface area is 178 Å². The van der Waals surface area contributed by atoms with E-state index >= 15 is 0 Å². The quantitative estimate of drug-likeness (QED) is 0.630. The molecule has 0 saturated carbocycles. The second kappa shape index (κ2) is 9.98. The fourth-order valence-electron chi connectivity index (χ4n) is 2.89. The number of phenolic OH excluding ortho intramolecular Hbond substituents is 1. The number of benzene rings is 2. The van der Waals surface area contributed by atoms with Crippen LogP contribution in [-0.4, -0.2) is 47.3 Å². The lowest BCUT2D eigenvalue weighted by molar-refractivity contribution is -0.124. The number of phenols is 1. The number of thioether (sulfide) groups is 1. The van der Waals surface area contributed by atoms with Gasteiger partial charge in [-0.15, -0.1) is 0 Å². The number of carbonyl (C=O) groups excluding carboxylic acids is 3. The van der Waals surface area contributed by atoms with Crippen molar-refractivity contribution in [3.63, 3.8) is 0 Å². The van der Waals surface area contributed by atoms with E-state index < -0.39 is 5.91 Å². The SMILES string of the molecule is COc1cccc(C=C2SC(=O)N(CCC(=O)NCCc3ccc(O)cc3)C2=O)c1. The van der Waals surface area contributed by atoms with Crippen LogP contribution >= 0.6 is 11.8 Å². The van der Waals surface area contributed by atoms with Gasteiger partial charge < -0.3 is 15.2 Å². The smallest absolute Gasteiger partial charge is 0.293 e. The minimum Gasteiger partial charge on any atom is -0.508 e. The molecule has 2 N–H and O–H groups in total. The zero-order chi connectivity index (χ0) is 21.5. The Morgan fingerprint density at radius 2 is 1.97 bits per heavy atom. The molecular formula is C22H22N2O5S. The number of ether oxygens (including phenoxy) is 1. The fourth-order valence-corrected chi connectivity index (χ4v) is 3.75. The van der Waals surface area contributed by atoms with Crippen molar-refractivity contribution in [3.05, 3.63) is 64.6 Å². The molecule has 0 spiro atoms. The molecule has 1 saturated heterocycles. The predicted molar refractivity (Wildman–Crippen MR) is 115 cm³/mol. The maximum Gasteiger partial charge on any atom is 0.293 e. The molecule has 0 radical (unpaired) electrons. The Kier molecular flexibility index (Phi) is 7.13. The van der Waals surface area contributed by atoms with Gasteiger partial charge in [-0.3, -0.25) is 19.3 Å². The highest BCUT2D eigenvalue weighted by Crippen LogP contribution is 2.32. The summed E-state index contributed by atoms with van der Waals surface area (Å²) in [6, 6.07) is 14.0. The van der Waals surface area contributed by atoms with Crippen molar-refractivity contribution in [2.24, 2.45) is 0 Å². The standard InChI is InChI=1S/C22H22N2O5S/c1-29-18-4-2-3-16(13-18)14-19-21(27)24(22(28)30-19)12-10-20(26)23-11-9-15-5-7-17(25)8-6-15/h2-8,13-14,25H,9-12H2,1H3,(H,23,26). The largest absolute Gasteiger partial charge is 0.508 e. The molecule has 3 amide bonds. The molecule has 1 fully saturated rings. The third kappa shape index (κ3) is 5.64. The highest BCUT2D eigenvalue weighted by molar-refractivity contribution is 8.18. The molecule has 1 aliphatic heterocycles. The van der Waals surface area contributed by atoms with E-state index in [1.807, 2.05) is 6.07 Å². The molecule has 0 atom stereocenters. The minimum absolute atomic E-state index is 0.0329. The van der Waals surface area contributed by atoms with Gasteiger partial charge in [0.2, 0.25) is 5.91 Å². The average Bonchev–Trinajstić information content (AvgIpc) is 3.00. The van der Waals surface area contributed by atoms with Crippen molar-refractivity contribution in [1.82, 2.24) is 10.2 Å². The minimum atomic E-state index is -0.398. The first-order valence-electron chi connectivity index (χ1n) is 9.40. The maximum atomic E-state index is 12.5. The molecule has 0 unspecified atom stereocenters. The van der Waals surface area contributed by atoms with Gasteiger partial charge in [0, 0.05) is 19.5 Å². The van der Waals surface area contributed by atoms with Crippen LogP contribution in [-0.2, 0) is 16.0 Å². The van der Waals surface area contributed by atoms with Crippen molar-refractivity contribution >= 4 is 34.9 Å². The van der Waals surface area contributed by atoms with E-state index in [0.29, 0.717) is 23.6 Å². The monoisotopic (exact) mass is 426 g/mol. The molecule has 0 aromatic heterocycles. The van der Waals surface area contributed by atoms with Crippen LogP contribution in [0.15, 0.2) is 53.4 Å². The maximum absolute atomic E-state index is 12.5. The van der Waals surface area contributed by atoms with E-state index in [0.717, 1.165) is 27.8 Å². The molecular weight excluding hydrogens is 404 g/mol. The van der Waals surface area contributed by atoms with Crippen LogP contribution in [0.25, 0.3) is 6.08 Å². The topological polar surface area (TPSA) is 95.9 Å². The van der Waals surface area contributed by atoms with Gasteiger partial charge in [-0.1, -0.05) is 24.3 Å². The summed E-state index contributed by atoms with van der Waals surface area (Å²) in [4.78, 5) is 38.2. The van der Waals surface area contributed by atoms with Gasteiger partial charge in [0.05, 0.1) is 12.0 Å². The van der Waals surface area contributed by atoms with E-state index in [-0.39, 0.29) is 29.9 Å². The number of amides is 3. The summed E-state index contributed by atoms with van der Waals surface area (Å²) < 4.78 is 5.17. The van der Waals surface area contributed by atoms with Gasteiger partial charge in [-0.2, -0.15) is 0 Å². The molecule has 7 nitrogen and oxygen atoms in total. The molecule has 8 heteroatoms. The Morgan fingerprint density at radius 1 is 1.20 bits per heavy atom. The van der Waals surface area contributed by atoms with E-state index in [2.05, 4.69) is 5.32 Å². The summed E-state index contributed by atoms with van der Waals surface area (Å²) in [6.07, 6.45) is 2.31. The van der Waals surface area contributed by atoms with E-state index in [9.17, 15) is 19.5 Å². The van der Waals surface area contributed by atoms with Gasteiger partial charge in [-0.25, -0.2) is 0 Å². The number of rotatable bonds is 8. The third-order valence-electron chi connectivity index (χ3n) is 4.50. The number of hydrogen-bond donors (Lipinski definition) is 2. The number of nitrogens with zero attached hydrogens (tertiary/aromatic N) is 1. The van der Waals surface area contributed by atoms with Gasteiger partial charge in [0.1, 0.15) is 11.5 Å². The molecule has 2 aromatic carbocycles. The first kappa shape index (κ1) is 21.4. The number of aromatic hydroxyl groups is 1. The van der Waals surface area contributed by atoms with Crippen LogP contribution in [0, 0.1) is 0 Å². The van der Waals surface area contributed by atoms with E-state index in [4.69, 9.17) is 4.74 Å². The Balaban J connectivity index is 1.49. The zero-order valence-corrected chi connectivity index (χ0v) is 17.3. The Bertz CT molecular complexity index is 972. The summed E-state index contributed by atoms with van der Waals surface area (Å²) in [5.74, 6) is 0.224. The molecule has 156 valence electrons. The molecule has 3 rings (SSSR count). The summed E-state index contributed by atoms with van der Waals surface area (Å²) in [7, 11) is 1.56. The Morgan fingerprint density at radius 3 is 2.70 bits per heavy atom. The lowest BCUT2D eigenvalue weighted by atomic mass is 10.1. The molecule has 0 aliphatic carbocycles. The fraction of sp³-hybridized carbons (Fsp3) is 0.227. The molecule has 0 bridgehead atoms. The number of methoxy groups -OCH3 is 1. The van der Waals surface area contributed by atoms with Crippen molar-refractivity contribution < 1.29 is 24.2 Å². The van der Waals surface area contributed by atoms with Gasteiger partial charge in [0.15, 0.2) is 0 Å². The summed E-state index contributed by atoms with van der Waals surface area (Å²) in [6.45, 7) is 0.465. The Hall–Kier alpha value is -3.26. The molecule has 30 heavy (non-hydrogen) atoms. The zero-order valence-electron chi connectivity index (χ0n) is 16.5. The second-order valence-corrected chi connectivity index (χ2v) is 7.62. The van der Waals surface area contributed by atoms with Crippen LogP contribution in [0.1, 0.15) is 17.5 Å². The number of nitrogens with one attached hydrogen (secondary N) is 1. The average molecular weight is 426 g/mol. The lowest BCUT2D eigenvalue weighted by Gasteiger charge is -2.12. The number of imide groups is 1. The van der Waals surface area contributed by atoms with Crippen molar-refractivity contribution in [3.8, 4) is 11.5 Å².